The number of carbonyl (C=O) groups excluding carboxylic acids is 1. The predicted molar refractivity (Wildman–Crippen MR) is 92.9 cm³/mol. The average molecular weight is 346 g/mol. The van der Waals surface area contributed by atoms with Crippen LogP contribution in [0.3, 0.4) is 0 Å². The molecule has 24 heavy (non-hydrogen) atoms. The second-order valence-electron chi connectivity index (χ2n) is 6.20. The van der Waals surface area contributed by atoms with Crippen LogP contribution in [0.5, 0.6) is 0 Å². The van der Waals surface area contributed by atoms with Crippen LogP contribution in [0.4, 0.5) is 5.69 Å². The number of carbonyl (C=O) groups is 1. The second-order valence-corrected chi connectivity index (χ2v) is 7.14. The summed E-state index contributed by atoms with van der Waals surface area (Å²) in [5.74, 6) is 0.337. The van der Waals surface area contributed by atoms with E-state index in [1.165, 1.54) is 24.6 Å². The van der Waals surface area contributed by atoms with Crippen LogP contribution in [0.1, 0.15) is 45.6 Å². The maximum atomic E-state index is 12.7. The molecule has 0 atom stereocenters. The maximum Gasteiger partial charge on any atom is 0.237 e. The van der Waals surface area contributed by atoms with Gasteiger partial charge in [-0.1, -0.05) is 24.6 Å². The van der Waals surface area contributed by atoms with E-state index in [0.29, 0.717) is 11.8 Å². The number of aromatic nitrogens is 5. The van der Waals surface area contributed by atoms with Crippen LogP contribution in [0.2, 0.25) is 0 Å². The number of nitrogens with zero attached hydrogens (tertiary/aromatic N) is 6. The van der Waals surface area contributed by atoms with Gasteiger partial charge in [-0.15, -0.1) is 5.10 Å². The van der Waals surface area contributed by atoms with Gasteiger partial charge in [0.05, 0.1) is 23.7 Å². The van der Waals surface area contributed by atoms with Gasteiger partial charge in [0.15, 0.2) is 0 Å². The number of hydrogen-bond donors (Lipinski definition) is 0. The van der Waals surface area contributed by atoms with E-state index in [2.05, 4.69) is 20.5 Å². The van der Waals surface area contributed by atoms with Crippen molar-refractivity contribution in [1.82, 2.24) is 25.2 Å². The van der Waals surface area contributed by atoms with Crippen LogP contribution < -0.4 is 4.90 Å². The van der Waals surface area contributed by atoms with Gasteiger partial charge >= 0.3 is 0 Å². The molecule has 1 fully saturated rings. The SMILES string of the molecule is CC(C)N(C(=O)CSc1nnnn1C1CCCC1)c1cccnc1. The highest BCUT2D eigenvalue weighted by Crippen LogP contribution is 2.31. The standard InChI is InChI=1S/C16H22N6OS/c1-12(2)21(14-8-5-9-17-10-14)15(23)11-24-16-18-19-20-22(16)13-6-3-4-7-13/h5,8-10,12-13H,3-4,6-7,11H2,1-2H3. The first-order valence-electron chi connectivity index (χ1n) is 8.29. The Morgan fingerprint density at radius 1 is 1.42 bits per heavy atom. The van der Waals surface area contributed by atoms with E-state index in [1.807, 2.05) is 30.7 Å². The third-order valence-electron chi connectivity index (χ3n) is 4.17. The van der Waals surface area contributed by atoms with E-state index in [9.17, 15) is 4.79 Å². The first-order valence-corrected chi connectivity index (χ1v) is 9.28. The number of rotatable bonds is 6. The smallest absolute Gasteiger partial charge is 0.237 e. The molecule has 3 rings (SSSR count). The van der Waals surface area contributed by atoms with Crippen LogP contribution in [0.25, 0.3) is 0 Å². The Balaban J connectivity index is 1.67. The van der Waals surface area contributed by atoms with Gasteiger partial charge in [-0.25, -0.2) is 4.68 Å². The fourth-order valence-electron chi connectivity index (χ4n) is 3.08. The number of hydrogen-bond acceptors (Lipinski definition) is 6. The largest absolute Gasteiger partial charge is 0.308 e. The summed E-state index contributed by atoms with van der Waals surface area (Å²) in [6.45, 7) is 4.00. The fourth-order valence-corrected chi connectivity index (χ4v) is 3.88. The number of tetrazole rings is 1. The molecule has 1 aliphatic carbocycles. The zero-order chi connectivity index (χ0) is 16.9. The molecule has 7 nitrogen and oxygen atoms in total. The lowest BCUT2D eigenvalue weighted by Gasteiger charge is -2.26. The summed E-state index contributed by atoms with van der Waals surface area (Å²) in [6, 6.07) is 4.18. The van der Waals surface area contributed by atoms with Crippen molar-refractivity contribution in [2.45, 2.75) is 56.8 Å². The van der Waals surface area contributed by atoms with Crippen LogP contribution >= 0.6 is 11.8 Å². The lowest BCUT2D eigenvalue weighted by Crippen LogP contribution is -2.38. The van der Waals surface area contributed by atoms with Crippen molar-refractivity contribution in [3.63, 3.8) is 0 Å². The molecule has 0 aromatic carbocycles. The third-order valence-corrected chi connectivity index (χ3v) is 5.09. The van der Waals surface area contributed by atoms with Crippen LogP contribution in [0, 0.1) is 0 Å². The molecule has 1 amide bonds. The van der Waals surface area contributed by atoms with E-state index in [1.54, 1.807) is 17.3 Å². The van der Waals surface area contributed by atoms with E-state index in [4.69, 9.17) is 0 Å². The minimum Gasteiger partial charge on any atom is -0.308 e. The summed E-state index contributed by atoms with van der Waals surface area (Å²) in [6.07, 6.45) is 8.08. The van der Waals surface area contributed by atoms with Crippen molar-refractivity contribution in [3.8, 4) is 0 Å². The highest BCUT2D eigenvalue weighted by Gasteiger charge is 2.24. The van der Waals surface area contributed by atoms with E-state index < -0.39 is 0 Å². The number of amides is 1. The summed E-state index contributed by atoms with van der Waals surface area (Å²) >= 11 is 1.40. The molecule has 1 saturated carbocycles. The Morgan fingerprint density at radius 2 is 2.21 bits per heavy atom. The number of thioether (sulfide) groups is 1. The van der Waals surface area contributed by atoms with Gasteiger partial charge in [-0.3, -0.25) is 9.78 Å². The molecule has 2 aromatic rings. The van der Waals surface area contributed by atoms with Gasteiger partial charge in [0.2, 0.25) is 11.1 Å². The van der Waals surface area contributed by atoms with Gasteiger partial charge in [0.1, 0.15) is 0 Å². The minimum atomic E-state index is 0.0315. The molecular formula is C16H22N6OS. The van der Waals surface area contributed by atoms with Crippen LogP contribution in [0.15, 0.2) is 29.7 Å². The van der Waals surface area contributed by atoms with E-state index in [-0.39, 0.29) is 11.9 Å². The Hall–Kier alpha value is -1.96. The lowest BCUT2D eigenvalue weighted by atomic mass is 10.2. The van der Waals surface area contributed by atoms with Gasteiger partial charge in [-0.2, -0.15) is 0 Å². The van der Waals surface area contributed by atoms with Crippen molar-refractivity contribution in [2.75, 3.05) is 10.7 Å². The van der Waals surface area contributed by atoms with E-state index in [0.717, 1.165) is 23.7 Å². The Labute approximate surface area is 145 Å². The van der Waals surface area contributed by atoms with Crippen molar-refractivity contribution in [1.29, 1.82) is 0 Å². The lowest BCUT2D eigenvalue weighted by molar-refractivity contribution is -0.116. The zero-order valence-electron chi connectivity index (χ0n) is 14.0. The molecule has 0 unspecified atom stereocenters. The van der Waals surface area contributed by atoms with Crippen molar-refractivity contribution in [3.05, 3.63) is 24.5 Å². The summed E-state index contributed by atoms with van der Waals surface area (Å²) in [4.78, 5) is 18.6. The molecule has 1 aliphatic rings. The molecule has 128 valence electrons. The van der Waals surface area contributed by atoms with Crippen molar-refractivity contribution < 1.29 is 4.79 Å². The van der Waals surface area contributed by atoms with Crippen LogP contribution in [-0.2, 0) is 4.79 Å². The Bertz CT molecular complexity index is 668. The van der Waals surface area contributed by atoms with Crippen molar-refractivity contribution in [2.24, 2.45) is 0 Å². The topological polar surface area (TPSA) is 76.8 Å². The van der Waals surface area contributed by atoms with Gasteiger partial charge in [0, 0.05) is 12.2 Å². The van der Waals surface area contributed by atoms with Crippen molar-refractivity contribution >= 4 is 23.4 Å². The van der Waals surface area contributed by atoms with E-state index >= 15 is 0 Å². The molecule has 8 heteroatoms. The Morgan fingerprint density at radius 3 is 2.88 bits per heavy atom. The third kappa shape index (κ3) is 3.75. The number of pyridine rings is 1. The minimum absolute atomic E-state index is 0.0315. The summed E-state index contributed by atoms with van der Waals surface area (Å²) < 4.78 is 1.88. The average Bonchev–Trinajstić information content (AvgIpc) is 3.25. The first-order chi connectivity index (χ1) is 11.7. The maximum absolute atomic E-state index is 12.7. The molecule has 2 aromatic heterocycles. The predicted octanol–water partition coefficient (Wildman–Crippen LogP) is 2.72. The van der Waals surface area contributed by atoms with Gasteiger partial charge < -0.3 is 4.90 Å². The molecule has 0 aliphatic heterocycles. The molecule has 0 bridgehead atoms. The molecule has 0 spiro atoms. The molecule has 0 saturated heterocycles. The summed E-state index contributed by atoms with van der Waals surface area (Å²) in [7, 11) is 0. The highest BCUT2D eigenvalue weighted by molar-refractivity contribution is 7.99. The normalized spacial score (nSPS) is 15.1. The number of anilines is 1. The fraction of sp³-hybridized carbons (Fsp3) is 0.562. The van der Waals surface area contributed by atoms with Crippen LogP contribution in [-0.4, -0.2) is 42.9 Å². The summed E-state index contributed by atoms with van der Waals surface area (Å²) in [5, 5.41) is 12.7. The molecule has 0 radical (unpaired) electrons. The monoisotopic (exact) mass is 346 g/mol. The van der Waals surface area contributed by atoms with Gasteiger partial charge in [-0.05, 0) is 49.2 Å². The second kappa shape index (κ2) is 7.74. The summed E-state index contributed by atoms with van der Waals surface area (Å²) in [5.41, 5.74) is 0.813. The zero-order valence-corrected chi connectivity index (χ0v) is 14.8. The first kappa shape index (κ1) is 16.9. The molecule has 2 heterocycles. The highest BCUT2D eigenvalue weighted by atomic mass is 32.2. The molecule has 0 N–H and O–H groups in total. The Kier molecular flexibility index (Phi) is 5.44. The van der Waals surface area contributed by atoms with Gasteiger partial charge in [0.25, 0.3) is 0 Å². The molecular weight excluding hydrogens is 324 g/mol. The quantitative estimate of drug-likeness (QED) is 0.749.